The fourth-order valence-corrected chi connectivity index (χ4v) is 0.722. The van der Waals surface area contributed by atoms with Crippen molar-refractivity contribution in [2.75, 3.05) is 6.26 Å². The smallest absolute Gasteiger partial charge is 0.319 e. The first kappa shape index (κ1) is 8.62. The number of rotatable bonds is 3. The molecule has 0 heterocycles. The Labute approximate surface area is 57.1 Å². The maximum atomic E-state index is 10.4. The van der Waals surface area contributed by atoms with Gasteiger partial charge in [0, 0.05) is 12.7 Å². The van der Waals surface area contributed by atoms with E-state index < -0.39 is 17.0 Å². The van der Waals surface area contributed by atoms with Crippen LogP contribution in [0.5, 0.6) is 0 Å². The quantitative estimate of drug-likeness (QED) is 0.592. The molecule has 0 saturated heterocycles. The Morgan fingerprint density at radius 2 is 2.22 bits per heavy atom. The van der Waals surface area contributed by atoms with Crippen molar-refractivity contribution in [1.82, 2.24) is 0 Å². The van der Waals surface area contributed by atoms with Crippen LogP contribution in [0.25, 0.3) is 0 Å². The molecule has 0 N–H and O–H groups in total. The van der Waals surface area contributed by atoms with Crippen molar-refractivity contribution in [3.05, 3.63) is 0 Å². The summed E-state index contributed by atoms with van der Waals surface area (Å²) in [5.41, 5.74) is 0. The van der Waals surface area contributed by atoms with Crippen molar-refractivity contribution in [3.8, 4) is 0 Å². The van der Waals surface area contributed by atoms with Crippen LogP contribution in [-0.4, -0.2) is 16.4 Å². The second-order valence-electron chi connectivity index (χ2n) is 1.61. The lowest BCUT2D eigenvalue weighted by Crippen LogP contribution is -2.04. The van der Waals surface area contributed by atoms with E-state index in [9.17, 15) is 9.00 Å². The molecule has 1 unspecified atom stereocenters. The number of carbonyl (C=O) groups is 1. The molecule has 0 fully saturated rings. The highest BCUT2D eigenvalue weighted by Gasteiger charge is 2.01. The largest absolute Gasteiger partial charge is 0.364 e. The summed E-state index contributed by atoms with van der Waals surface area (Å²) in [6.07, 6.45) is 2.41. The van der Waals surface area contributed by atoms with E-state index in [0.717, 1.165) is 6.42 Å². The summed E-state index contributed by atoms with van der Waals surface area (Å²) < 4.78 is 14.5. The van der Waals surface area contributed by atoms with E-state index in [1.54, 1.807) is 0 Å². The molecule has 1 atom stereocenters. The predicted molar refractivity (Wildman–Crippen MR) is 35.1 cm³/mol. The number of carbonyl (C=O) groups excluding carboxylic acids is 1. The zero-order valence-electron chi connectivity index (χ0n) is 5.55. The molecule has 9 heavy (non-hydrogen) atoms. The van der Waals surface area contributed by atoms with E-state index in [4.69, 9.17) is 0 Å². The lowest BCUT2D eigenvalue weighted by Gasteiger charge is -1.95. The van der Waals surface area contributed by atoms with Crippen molar-refractivity contribution < 1.29 is 13.2 Å². The van der Waals surface area contributed by atoms with Crippen molar-refractivity contribution in [2.24, 2.45) is 0 Å². The minimum absolute atomic E-state index is 0.347. The van der Waals surface area contributed by atoms with Gasteiger partial charge in [-0.15, -0.1) is 0 Å². The minimum atomic E-state index is -1.45. The molecule has 0 rings (SSSR count). The maximum Gasteiger partial charge on any atom is 0.319 e. The van der Waals surface area contributed by atoms with Crippen LogP contribution in [0.4, 0.5) is 0 Å². The van der Waals surface area contributed by atoms with Crippen molar-refractivity contribution >= 4 is 17.0 Å². The van der Waals surface area contributed by atoms with E-state index in [-0.39, 0.29) is 0 Å². The zero-order chi connectivity index (χ0) is 7.28. The second kappa shape index (κ2) is 4.49. The summed E-state index contributed by atoms with van der Waals surface area (Å²) in [5, 5.41) is 0. The van der Waals surface area contributed by atoms with Gasteiger partial charge in [-0.1, -0.05) is 6.92 Å². The van der Waals surface area contributed by atoms with E-state index in [0.29, 0.717) is 6.42 Å². The first-order valence-corrected chi connectivity index (χ1v) is 4.19. The fourth-order valence-electron chi connectivity index (χ4n) is 0.377. The Kier molecular flexibility index (Phi) is 4.30. The van der Waals surface area contributed by atoms with Gasteiger partial charge < -0.3 is 4.18 Å². The zero-order valence-corrected chi connectivity index (χ0v) is 6.36. The van der Waals surface area contributed by atoms with Gasteiger partial charge >= 0.3 is 5.97 Å². The first-order valence-electron chi connectivity index (χ1n) is 2.71. The van der Waals surface area contributed by atoms with Crippen LogP contribution in [0, 0.1) is 0 Å². The van der Waals surface area contributed by atoms with Gasteiger partial charge in [-0.25, -0.2) is 4.21 Å². The normalized spacial score (nSPS) is 12.7. The Balaban J connectivity index is 3.39. The van der Waals surface area contributed by atoms with Crippen LogP contribution >= 0.6 is 0 Å². The molecule has 0 spiro atoms. The summed E-state index contributed by atoms with van der Waals surface area (Å²) >= 11 is -1.45. The van der Waals surface area contributed by atoms with Gasteiger partial charge in [-0.2, -0.15) is 0 Å². The standard InChI is InChI=1S/C5H10O3S/c1-3-4-5(6)8-9(2)7/h3-4H2,1-2H3. The highest BCUT2D eigenvalue weighted by Crippen LogP contribution is 1.91. The second-order valence-corrected chi connectivity index (χ2v) is 2.58. The average Bonchev–Trinajstić information content (AvgIpc) is 1.63. The summed E-state index contributed by atoms with van der Waals surface area (Å²) in [7, 11) is 0. The van der Waals surface area contributed by atoms with Gasteiger partial charge in [0.05, 0.1) is 0 Å². The van der Waals surface area contributed by atoms with Gasteiger partial charge in [-0.3, -0.25) is 4.79 Å². The molecule has 0 aliphatic carbocycles. The molecular weight excluding hydrogens is 140 g/mol. The van der Waals surface area contributed by atoms with Crippen LogP contribution in [0.15, 0.2) is 0 Å². The Morgan fingerprint density at radius 1 is 1.67 bits per heavy atom. The monoisotopic (exact) mass is 150 g/mol. The molecule has 0 bridgehead atoms. The fraction of sp³-hybridized carbons (Fsp3) is 0.800. The van der Waals surface area contributed by atoms with Crippen LogP contribution in [-0.2, 0) is 20.1 Å². The third-order valence-corrected chi connectivity index (χ3v) is 1.09. The van der Waals surface area contributed by atoms with Crippen molar-refractivity contribution in [1.29, 1.82) is 0 Å². The molecule has 4 heteroatoms. The van der Waals surface area contributed by atoms with Crippen molar-refractivity contribution in [2.45, 2.75) is 19.8 Å². The predicted octanol–water partition coefficient (Wildman–Crippen LogP) is 0.623. The topological polar surface area (TPSA) is 43.4 Å². The minimum Gasteiger partial charge on any atom is -0.364 e. The molecule has 0 aliphatic heterocycles. The van der Waals surface area contributed by atoms with Gasteiger partial charge in [-0.05, 0) is 6.42 Å². The average molecular weight is 150 g/mol. The molecule has 3 nitrogen and oxygen atoms in total. The molecular formula is C5H10O3S. The molecule has 0 aliphatic rings. The third-order valence-electron chi connectivity index (χ3n) is 0.664. The summed E-state index contributed by atoms with van der Waals surface area (Å²) in [5.74, 6) is -0.390. The Hall–Kier alpha value is -0.380. The molecule has 0 saturated carbocycles. The van der Waals surface area contributed by atoms with Crippen molar-refractivity contribution in [3.63, 3.8) is 0 Å². The summed E-state index contributed by atoms with van der Waals surface area (Å²) in [4.78, 5) is 10.4. The van der Waals surface area contributed by atoms with E-state index in [1.165, 1.54) is 6.26 Å². The third kappa shape index (κ3) is 5.49. The lowest BCUT2D eigenvalue weighted by atomic mass is 10.4. The van der Waals surface area contributed by atoms with Gasteiger partial charge in [0.15, 0.2) is 0 Å². The summed E-state index contributed by atoms with van der Waals surface area (Å²) in [6, 6.07) is 0. The number of hydrogen-bond donors (Lipinski definition) is 0. The molecule has 0 radical (unpaired) electrons. The summed E-state index contributed by atoms with van der Waals surface area (Å²) in [6.45, 7) is 1.86. The van der Waals surface area contributed by atoms with Gasteiger partial charge in [0.25, 0.3) is 0 Å². The van der Waals surface area contributed by atoms with E-state index in [2.05, 4.69) is 4.18 Å². The Bertz CT molecular complexity index is 121. The van der Waals surface area contributed by atoms with Crippen LogP contribution < -0.4 is 0 Å². The van der Waals surface area contributed by atoms with Crippen LogP contribution in [0.1, 0.15) is 19.8 Å². The lowest BCUT2D eigenvalue weighted by molar-refractivity contribution is -0.133. The van der Waals surface area contributed by atoms with Crippen LogP contribution in [0.3, 0.4) is 0 Å². The maximum absolute atomic E-state index is 10.4. The molecule has 0 aromatic carbocycles. The van der Waals surface area contributed by atoms with Crippen LogP contribution in [0.2, 0.25) is 0 Å². The first-order chi connectivity index (χ1) is 4.16. The van der Waals surface area contributed by atoms with E-state index >= 15 is 0 Å². The SMILES string of the molecule is CCCC(=O)OS(C)=O. The van der Waals surface area contributed by atoms with Gasteiger partial charge in [0.1, 0.15) is 0 Å². The molecule has 0 aromatic rings. The highest BCUT2D eigenvalue weighted by atomic mass is 32.2. The molecule has 0 amide bonds. The van der Waals surface area contributed by atoms with Gasteiger partial charge in [0.2, 0.25) is 11.1 Å². The van der Waals surface area contributed by atoms with E-state index in [1.807, 2.05) is 6.92 Å². The Morgan fingerprint density at radius 3 is 2.56 bits per heavy atom. The highest BCUT2D eigenvalue weighted by molar-refractivity contribution is 7.79. The molecule has 0 aromatic heterocycles. The number of hydrogen-bond acceptors (Lipinski definition) is 3. The molecule has 54 valence electrons.